The van der Waals surface area contributed by atoms with Crippen LogP contribution in [0.2, 0.25) is 0 Å². The fraction of sp³-hybridized carbons (Fsp3) is 0. The average molecular weight is 237 g/mol. The second kappa shape index (κ2) is 3.39. The van der Waals surface area contributed by atoms with Crippen molar-refractivity contribution >= 4 is 31.3 Å². The predicted octanol–water partition coefficient (Wildman–Crippen LogP) is 2.71. The lowest BCUT2D eigenvalue weighted by Gasteiger charge is -2.01. The smallest absolute Gasteiger partial charge is 0.193 e. The van der Waals surface area contributed by atoms with Crippen molar-refractivity contribution in [1.29, 1.82) is 0 Å². The number of hydrogen-bond acceptors (Lipinski definition) is 6. The van der Waals surface area contributed by atoms with Crippen molar-refractivity contribution < 1.29 is 4.42 Å². The van der Waals surface area contributed by atoms with Crippen LogP contribution in [0.5, 0.6) is 0 Å². The van der Waals surface area contributed by atoms with Gasteiger partial charge in [0, 0.05) is 6.07 Å². The van der Waals surface area contributed by atoms with E-state index in [-0.39, 0.29) is 14.9 Å². The second-order valence-electron chi connectivity index (χ2n) is 2.90. The Morgan fingerprint density at radius 3 is 2.87 bits per heavy atom. The summed E-state index contributed by atoms with van der Waals surface area (Å²) in [6.07, 6.45) is 0. The first kappa shape index (κ1) is 8.99. The molecule has 1 aliphatic heterocycles. The molecule has 0 amide bonds. The van der Waals surface area contributed by atoms with E-state index in [2.05, 4.69) is 8.94 Å². The fourth-order valence-corrected chi connectivity index (χ4v) is 2.98. The normalized spacial score (nSPS) is 14.7. The lowest BCUT2D eigenvalue weighted by molar-refractivity contribution is 0.501. The number of benzene rings is 1. The summed E-state index contributed by atoms with van der Waals surface area (Å²) in [4.78, 5) is 11.7. The first-order valence-corrected chi connectivity index (χ1v) is 6.67. The second-order valence-corrected chi connectivity index (χ2v) is 5.65. The molecule has 0 aliphatic carbocycles. The highest BCUT2D eigenvalue weighted by Gasteiger charge is 2.02. The zero-order valence-corrected chi connectivity index (χ0v) is 9.05. The summed E-state index contributed by atoms with van der Waals surface area (Å²) in [5.74, 6) is 0. The van der Waals surface area contributed by atoms with E-state index in [9.17, 15) is 4.79 Å². The molecule has 0 saturated heterocycles. The minimum Gasteiger partial charge on any atom is -0.451 e. The maximum atomic E-state index is 11.7. The summed E-state index contributed by atoms with van der Waals surface area (Å²) in [6, 6.07) is 8.69. The van der Waals surface area contributed by atoms with E-state index in [1.54, 1.807) is 12.1 Å². The lowest BCUT2D eigenvalue weighted by Crippen LogP contribution is -1.98. The van der Waals surface area contributed by atoms with E-state index in [0.29, 0.717) is 16.1 Å². The molecule has 6 heteroatoms. The van der Waals surface area contributed by atoms with Gasteiger partial charge in [-0.15, -0.1) is 0 Å². The molecule has 0 bridgehead atoms. The van der Waals surface area contributed by atoms with Crippen LogP contribution in [-0.2, 0) is 9.52 Å². The van der Waals surface area contributed by atoms with Crippen molar-refractivity contribution in [1.82, 2.24) is 0 Å². The monoisotopic (exact) mass is 237 g/mol. The van der Waals surface area contributed by atoms with Crippen LogP contribution in [0, 0.1) is 0 Å². The number of para-hydroxylation sites is 1. The van der Waals surface area contributed by atoms with Gasteiger partial charge in [0.05, 0.1) is 5.39 Å². The van der Waals surface area contributed by atoms with E-state index < -0.39 is 0 Å². The maximum Gasteiger partial charge on any atom is 0.193 e. The van der Waals surface area contributed by atoms with Crippen LogP contribution < -0.4 is 5.43 Å². The van der Waals surface area contributed by atoms with E-state index in [4.69, 9.17) is 4.42 Å². The van der Waals surface area contributed by atoms with Crippen LogP contribution in [0.15, 0.2) is 53.6 Å². The standard InChI is InChI=1S/C9H5N2O2S2/c12-7-5-9(14-15-10-11-15)13-8-4-2-1-3-6(7)8/h1-5H/q-1. The third-order valence-electron chi connectivity index (χ3n) is 1.92. The van der Waals surface area contributed by atoms with Crippen LogP contribution >= 0.6 is 10.8 Å². The highest BCUT2D eigenvalue weighted by molar-refractivity contribution is 8.67. The maximum absolute atomic E-state index is 11.7. The number of fused-ring (bicyclic) bond motifs is 1. The summed E-state index contributed by atoms with van der Waals surface area (Å²) in [5.41, 5.74) is 0.586. The third kappa shape index (κ3) is 1.78. The van der Waals surface area contributed by atoms with E-state index in [1.165, 1.54) is 16.9 Å². The molecule has 15 heavy (non-hydrogen) atoms. The van der Waals surface area contributed by atoms with E-state index >= 15 is 0 Å². The molecule has 1 aliphatic rings. The zero-order valence-electron chi connectivity index (χ0n) is 7.41. The van der Waals surface area contributed by atoms with Gasteiger partial charge in [-0.1, -0.05) is 12.1 Å². The molecular formula is C9H5N2O2S2-. The van der Waals surface area contributed by atoms with Gasteiger partial charge in [-0.05, 0) is 12.1 Å². The molecule has 1 aromatic carbocycles. The predicted molar refractivity (Wildman–Crippen MR) is 60.6 cm³/mol. The summed E-state index contributed by atoms with van der Waals surface area (Å²) in [6.45, 7) is 0. The SMILES string of the molecule is O=c1cc(S[S-]2=NN=2)oc2ccccc12. The number of hydrogen-bond donors (Lipinski definition) is 0. The van der Waals surface area contributed by atoms with Gasteiger partial charge in [-0.25, -0.2) is 0 Å². The zero-order chi connectivity index (χ0) is 10.3. The quantitative estimate of drug-likeness (QED) is 0.596. The molecule has 3 rings (SSSR count). The highest BCUT2D eigenvalue weighted by atomic mass is 33.1. The highest BCUT2D eigenvalue weighted by Crippen LogP contribution is 2.26. The first-order chi connectivity index (χ1) is 7.33. The van der Waals surface area contributed by atoms with Gasteiger partial charge in [-0.2, -0.15) is 20.3 Å². The molecule has 0 radical (unpaired) electrons. The fourth-order valence-electron chi connectivity index (χ4n) is 1.24. The van der Waals surface area contributed by atoms with Crippen molar-refractivity contribution in [3.8, 4) is 0 Å². The molecule has 4 nitrogen and oxygen atoms in total. The average Bonchev–Trinajstić information content (AvgIpc) is 3.02. The molecule has 76 valence electrons. The van der Waals surface area contributed by atoms with Crippen molar-refractivity contribution in [2.24, 2.45) is 8.94 Å². The Morgan fingerprint density at radius 1 is 1.27 bits per heavy atom. The van der Waals surface area contributed by atoms with Gasteiger partial charge in [0.25, 0.3) is 0 Å². The molecule has 2 aromatic rings. The summed E-state index contributed by atoms with van der Waals surface area (Å²) < 4.78 is 13.1. The van der Waals surface area contributed by atoms with Crippen LogP contribution in [0.25, 0.3) is 11.0 Å². The minimum absolute atomic E-state index is 0.0233. The Bertz CT molecular complexity index is 674. The number of nitrogens with zero attached hydrogens (tertiary/aromatic N) is 2. The molecule has 0 fully saturated rings. The molecule has 2 heterocycles. The molecule has 0 saturated carbocycles. The van der Waals surface area contributed by atoms with E-state index in [0.717, 1.165) is 0 Å². The number of rotatable bonds is 2. The Balaban J connectivity index is 2.22. The van der Waals surface area contributed by atoms with Crippen LogP contribution in [0.1, 0.15) is 0 Å². The summed E-state index contributed by atoms with van der Waals surface area (Å²) >= 11 is 0. The van der Waals surface area contributed by atoms with Gasteiger partial charge in [-0.3, -0.25) is 4.79 Å². The summed E-state index contributed by atoms with van der Waals surface area (Å²) in [5, 5.41) is 1.18. The van der Waals surface area contributed by atoms with Gasteiger partial charge in [0.1, 0.15) is 10.7 Å². The Labute approximate surface area is 90.5 Å². The van der Waals surface area contributed by atoms with Crippen LogP contribution in [-0.4, -0.2) is 0 Å². The molecule has 0 atom stereocenters. The van der Waals surface area contributed by atoms with Crippen molar-refractivity contribution in [2.45, 2.75) is 5.09 Å². The minimum atomic E-state index is -0.334. The van der Waals surface area contributed by atoms with Gasteiger partial charge in [0.15, 0.2) is 5.43 Å². The van der Waals surface area contributed by atoms with Crippen LogP contribution in [0.3, 0.4) is 0 Å². The molecule has 1 aromatic heterocycles. The van der Waals surface area contributed by atoms with Crippen molar-refractivity contribution in [3.63, 3.8) is 0 Å². The van der Waals surface area contributed by atoms with Gasteiger partial charge >= 0.3 is 0 Å². The van der Waals surface area contributed by atoms with Crippen molar-refractivity contribution in [2.75, 3.05) is 0 Å². The van der Waals surface area contributed by atoms with Gasteiger partial charge < -0.3 is 13.4 Å². The topological polar surface area (TPSA) is 54.9 Å². The van der Waals surface area contributed by atoms with Crippen molar-refractivity contribution in [3.05, 3.63) is 40.6 Å². The molecule has 0 N–H and O–H groups in total. The third-order valence-corrected chi connectivity index (χ3v) is 4.07. The Morgan fingerprint density at radius 2 is 2.07 bits per heavy atom. The van der Waals surface area contributed by atoms with Crippen LogP contribution in [0.4, 0.5) is 0 Å². The molecular weight excluding hydrogens is 232 g/mol. The largest absolute Gasteiger partial charge is 0.451 e. The lowest BCUT2D eigenvalue weighted by atomic mass is 10.2. The van der Waals surface area contributed by atoms with E-state index in [1.807, 2.05) is 12.1 Å². The Hall–Kier alpha value is -1.27. The Kier molecular flexibility index (Phi) is 2.03. The summed E-state index contributed by atoms with van der Waals surface area (Å²) in [7, 11) is 1.03. The molecule has 0 spiro atoms. The molecule has 0 unspecified atom stereocenters. The van der Waals surface area contributed by atoms with Gasteiger partial charge in [0.2, 0.25) is 0 Å². The first-order valence-electron chi connectivity index (χ1n) is 4.20.